The quantitative estimate of drug-likeness (QED) is 0.703. The number of carbonyl (C=O) groups excluding carboxylic acids is 1. The van der Waals surface area contributed by atoms with E-state index in [1.165, 1.54) is 31.2 Å². The Balaban J connectivity index is 2.27. The van der Waals surface area contributed by atoms with Crippen LogP contribution >= 0.6 is 15.9 Å². The fraction of sp³-hybridized carbons (Fsp3) is 0.133. The van der Waals surface area contributed by atoms with E-state index in [1.54, 1.807) is 18.2 Å². The highest BCUT2D eigenvalue weighted by molar-refractivity contribution is 9.10. The Bertz CT molecular complexity index is 664. The molecule has 2 aromatic carbocycles. The number of benzene rings is 2. The normalized spacial score (nSPS) is 11.3. The molecule has 2 nitrogen and oxygen atoms in total. The third-order valence-electron chi connectivity index (χ3n) is 2.77. The Morgan fingerprint density at radius 2 is 1.62 bits per heavy atom. The van der Waals surface area contributed by atoms with Crippen molar-refractivity contribution in [3.63, 3.8) is 0 Å². The van der Waals surface area contributed by atoms with Gasteiger partial charge in [-0.3, -0.25) is 4.79 Å². The monoisotopic (exact) mass is 358 g/mol. The van der Waals surface area contributed by atoms with Crippen molar-refractivity contribution in [3.05, 3.63) is 52.5 Å². The van der Waals surface area contributed by atoms with Crippen molar-refractivity contribution in [1.29, 1.82) is 0 Å². The van der Waals surface area contributed by atoms with Crippen LogP contribution in [0, 0.1) is 0 Å². The average molecular weight is 359 g/mol. The van der Waals surface area contributed by atoms with E-state index in [-0.39, 0.29) is 11.5 Å². The first-order valence-corrected chi connectivity index (χ1v) is 6.72. The van der Waals surface area contributed by atoms with Gasteiger partial charge in [-0.05, 0) is 42.3 Å². The molecule has 0 unspecified atom stereocenters. The summed E-state index contributed by atoms with van der Waals surface area (Å²) in [4.78, 5) is 11.3. The number of rotatable bonds is 3. The van der Waals surface area contributed by atoms with Crippen LogP contribution in [0.4, 0.5) is 13.2 Å². The number of ketones is 1. The lowest BCUT2D eigenvalue weighted by atomic mass is 10.0. The summed E-state index contributed by atoms with van der Waals surface area (Å²) in [6, 6.07) is 10.7. The number of hydrogen-bond acceptors (Lipinski definition) is 2. The molecule has 0 amide bonds. The van der Waals surface area contributed by atoms with Gasteiger partial charge in [0.2, 0.25) is 0 Å². The number of carbonyl (C=O) groups is 1. The first-order chi connectivity index (χ1) is 9.76. The lowest BCUT2D eigenvalue weighted by molar-refractivity contribution is -0.274. The van der Waals surface area contributed by atoms with Crippen molar-refractivity contribution < 1.29 is 22.7 Å². The predicted molar refractivity (Wildman–Crippen MR) is 76.3 cm³/mol. The lowest BCUT2D eigenvalue weighted by Gasteiger charge is -2.10. The molecule has 0 aliphatic carbocycles. The Hall–Kier alpha value is -1.82. The maximum Gasteiger partial charge on any atom is 0.573 e. The standard InChI is InChI=1S/C15H10BrF3O2/c1-9(20)13-7-4-11(8-14(13)16)10-2-5-12(6-3-10)21-15(17,18)19/h2-8H,1H3. The first kappa shape index (κ1) is 15.6. The summed E-state index contributed by atoms with van der Waals surface area (Å²) in [7, 11) is 0. The molecule has 0 saturated carbocycles. The number of alkyl halides is 3. The summed E-state index contributed by atoms with van der Waals surface area (Å²) in [5.41, 5.74) is 2.06. The smallest absolute Gasteiger partial charge is 0.406 e. The van der Waals surface area contributed by atoms with Gasteiger partial charge in [0.15, 0.2) is 5.78 Å². The second-order valence-electron chi connectivity index (χ2n) is 4.32. The van der Waals surface area contributed by atoms with Crippen molar-refractivity contribution in [3.8, 4) is 16.9 Å². The minimum atomic E-state index is -4.70. The number of ether oxygens (including phenoxy) is 1. The molecule has 21 heavy (non-hydrogen) atoms. The van der Waals surface area contributed by atoms with Crippen LogP contribution in [0.1, 0.15) is 17.3 Å². The highest BCUT2D eigenvalue weighted by Crippen LogP contribution is 2.29. The van der Waals surface area contributed by atoms with Gasteiger partial charge in [0, 0.05) is 10.0 Å². The molecule has 0 N–H and O–H groups in total. The van der Waals surface area contributed by atoms with Gasteiger partial charge in [-0.1, -0.05) is 34.1 Å². The van der Waals surface area contributed by atoms with E-state index in [9.17, 15) is 18.0 Å². The third kappa shape index (κ3) is 4.07. The average Bonchev–Trinajstić information content (AvgIpc) is 2.37. The van der Waals surface area contributed by atoms with Crippen LogP contribution in [0.5, 0.6) is 5.75 Å². The Morgan fingerprint density at radius 3 is 2.10 bits per heavy atom. The maximum atomic E-state index is 12.1. The summed E-state index contributed by atoms with van der Waals surface area (Å²) in [5.74, 6) is -0.340. The molecular weight excluding hydrogens is 349 g/mol. The molecule has 0 aromatic heterocycles. The molecule has 0 fully saturated rings. The largest absolute Gasteiger partial charge is 0.573 e. The second kappa shape index (κ2) is 5.89. The van der Waals surface area contributed by atoms with E-state index in [4.69, 9.17) is 0 Å². The maximum absolute atomic E-state index is 12.1. The SMILES string of the molecule is CC(=O)c1ccc(-c2ccc(OC(F)(F)F)cc2)cc1Br. The van der Waals surface area contributed by atoms with E-state index < -0.39 is 6.36 Å². The molecule has 0 spiro atoms. The topological polar surface area (TPSA) is 26.3 Å². The predicted octanol–water partition coefficient (Wildman–Crippen LogP) is 5.22. The second-order valence-corrected chi connectivity index (χ2v) is 5.18. The Kier molecular flexibility index (Phi) is 4.37. The zero-order chi connectivity index (χ0) is 15.6. The van der Waals surface area contributed by atoms with Crippen LogP contribution in [-0.4, -0.2) is 12.1 Å². The minimum absolute atomic E-state index is 0.0673. The minimum Gasteiger partial charge on any atom is -0.406 e. The zero-order valence-electron chi connectivity index (χ0n) is 10.9. The van der Waals surface area contributed by atoms with Gasteiger partial charge < -0.3 is 4.74 Å². The van der Waals surface area contributed by atoms with Gasteiger partial charge in [-0.25, -0.2) is 0 Å². The van der Waals surface area contributed by atoms with E-state index in [0.717, 1.165) is 11.1 Å². The van der Waals surface area contributed by atoms with E-state index >= 15 is 0 Å². The van der Waals surface area contributed by atoms with E-state index in [0.29, 0.717) is 10.0 Å². The van der Waals surface area contributed by atoms with Gasteiger partial charge in [0.25, 0.3) is 0 Å². The highest BCUT2D eigenvalue weighted by atomic mass is 79.9. The van der Waals surface area contributed by atoms with E-state index in [1.807, 2.05) is 0 Å². The van der Waals surface area contributed by atoms with Crippen LogP contribution < -0.4 is 4.74 Å². The molecule has 0 bridgehead atoms. The summed E-state index contributed by atoms with van der Waals surface area (Å²) < 4.78 is 40.7. The third-order valence-corrected chi connectivity index (χ3v) is 3.43. The number of halogens is 4. The molecule has 0 aliphatic heterocycles. The van der Waals surface area contributed by atoms with Gasteiger partial charge in [0.05, 0.1) is 0 Å². The van der Waals surface area contributed by atoms with Crippen LogP contribution in [0.3, 0.4) is 0 Å². The molecular formula is C15H10BrF3O2. The zero-order valence-corrected chi connectivity index (χ0v) is 12.5. The highest BCUT2D eigenvalue weighted by Gasteiger charge is 2.30. The van der Waals surface area contributed by atoms with Gasteiger partial charge in [0.1, 0.15) is 5.75 Å². The summed E-state index contributed by atoms with van der Waals surface area (Å²) in [6.45, 7) is 1.46. The van der Waals surface area contributed by atoms with Crippen molar-refractivity contribution in [2.75, 3.05) is 0 Å². The van der Waals surface area contributed by atoms with Crippen molar-refractivity contribution in [2.24, 2.45) is 0 Å². The van der Waals surface area contributed by atoms with E-state index in [2.05, 4.69) is 20.7 Å². The van der Waals surface area contributed by atoms with Crippen LogP contribution in [-0.2, 0) is 0 Å². The van der Waals surface area contributed by atoms with Gasteiger partial charge in [-0.2, -0.15) is 0 Å². The van der Waals surface area contributed by atoms with Gasteiger partial charge >= 0.3 is 6.36 Å². The first-order valence-electron chi connectivity index (χ1n) is 5.93. The summed E-state index contributed by atoms with van der Waals surface area (Å²) in [6.07, 6.45) is -4.70. The fourth-order valence-corrected chi connectivity index (χ4v) is 2.49. The molecule has 0 aliphatic rings. The number of Topliss-reactive ketones (excluding diaryl/α,β-unsaturated/α-hetero) is 1. The molecule has 0 radical (unpaired) electrons. The summed E-state index contributed by atoms with van der Waals surface area (Å²) >= 11 is 3.30. The molecule has 2 aromatic rings. The number of hydrogen-bond donors (Lipinski definition) is 0. The van der Waals surface area contributed by atoms with Crippen molar-refractivity contribution >= 4 is 21.7 Å². The van der Waals surface area contributed by atoms with Crippen LogP contribution in [0.15, 0.2) is 46.9 Å². The molecule has 2 rings (SSSR count). The van der Waals surface area contributed by atoms with Crippen molar-refractivity contribution in [2.45, 2.75) is 13.3 Å². The van der Waals surface area contributed by atoms with Gasteiger partial charge in [-0.15, -0.1) is 13.2 Å². The molecule has 110 valence electrons. The molecule has 0 atom stereocenters. The van der Waals surface area contributed by atoms with Crippen molar-refractivity contribution in [1.82, 2.24) is 0 Å². The molecule has 0 heterocycles. The Morgan fingerprint density at radius 1 is 1.05 bits per heavy atom. The lowest BCUT2D eigenvalue weighted by Crippen LogP contribution is -2.16. The van der Waals surface area contributed by atoms with Crippen LogP contribution in [0.25, 0.3) is 11.1 Å². The molecule has 0 saturated heterocycles. The summed E-state index contributed by atoms with van der Waals surface area (Å²) in [5, 5.41) is 0. The Labute approximate surface area is 127 Å². The fourth-order valence-electron chi connectivity index (χ4n) is 1.83. The molecule has 6 heteroatoms. The van der Waals surface area contributed by atoms with Crippen LogP contribution in [0.2, 0.25) is 0 Å².